The van der Waals surface area contributed by atoms with Crippen molar-refractivity contribution in [2.24, 2.45) is 11.8 Å². The van der Waals surface area contributed by atoms with Crippen LogP contribution in [0.2, 0.25) is 0 Å². The van der Waals surface area contributed by atoms with Crippen LogP contribution in [0.5, 0.6) is 0 Å². The third-order valence-electron chi connectivity index (χ3n) is 4.16. The molecule has 2 fully saturated rings. The maximum atomic E-state index is 14.0. The number of carbonyl (C=O) groups excluding carboxylic acids is 2. The summed E-state index contributed by atoms with van der Waals surface area (Å²) >= 11 is 3.30. The van der Waals surface area contributed by atoms with Crippen LogP contribution in [0.4, 0.5) is 4.39 Å². The fourth-order valence-electron chi connectivity index (χ4n) is 3.31. The lowest BCUT2D eigenvalue weighted by Crippen LogP contribution is -2.34. The Labute approximate surface area is 112 Å². The smallest absolute Gasteiger partial charge is 0.231 e. The molecular weight excluding hydrogens is 301 g/mol. The molecule has 1 saturated heterocycles. The fourth-order valence-corrected chi connectivity index (χ4v) is 3.67. The van der Waals surface area contributed by atoms with E-state index in [4.69, 9.17) is 0 Å². The van der Waals surface area contributed by atoms with Gasteiger partial charge in [0, 0.05) is 9.89 Å². The van der Waals surface area contributed by atoms with Gasteiger partial charge in [0.25, 0.3) is 0 Å². The number of nitrogens with one attached hydrogen (secondary N) is 1. The molecule has 2 amide bonds. The van der Waals surface area contributed by atoms with Crippen molar-refractivity contribution in [2.45, 2.75) is 18.8 Å². The van der Waals surface area contributed by atoms with E-state index in [1.54, 1.807) is 12.1 Å². The number of rotatable bonds is 2. The van der Waals surface area contributed by atoms with E-state index < -0.39 is 17.3 Å². The highest BCUT2D eigenvalue weighted by atomic mass is 79.9. The zero-order chi connectivity index (χ0) is 13.1. The van der Waals surface area contributed by atoms with Crippen LogP contribution in [0.3, 0.4) is 0 Å². The molecule has 0 spiro atoms. The van der Waals surface area contributed by atoms with E-state index in [1.807, 2.05) is 6.92 Å². The molecule has 1 aromatic rings. The molecular formula is C13H11BrFNO2. The van der Waals surface area contributed by atoms with Crippen molar-refractivity contribution in [2.75, 3.05) is 0 Å². The number of benzene rings is 1. The van der Waals surface area contributed by atoms with Crippen molar-refractivity contribution < 1.29 is 14.0 Å². The monoisotopic (exact) mass is 311 g/mol. The summed E-state index contributed by atoms with van der Waals surface area (Å²) < 4.78 is 14.7. The first-order chi connectivity index (χ1) is 8.52. The number of imide groups is 1. The fraction of sp³-hybridized carbons (Fsp3) is 0.385. The number of halogens is 2. The minimum absolute atomic E-state index is 0.272. The number of hydrogen-bond donors (Lipinski definition) is 1. The molecule has 3 rings (SSSR count). The quantitative estimate of drug-likeness (QED) is 0.851. The molecule has 1 aromatic carbocycles. The van der Waals surface area contributed by atoms with Crippen molar-refractivity contribution in [3.05, 3.63) is 34.1 Å². The van der Waals surface area contributed by atoms with Crippen LogP contribution in [0.25, 0.3) is 0 Å². The summed E-state index contributed by atoms with van der Waals surface area (Å²) in [6, 6.07) is 4.66. The van der Waals surface area contributed by atoms with Gasteiger partial charge in [-0.2, -0.15) is 0 Å². The van der Waals surface area contributed by atoms with E-state index in [0.717, 1.165) is 4.47 Å². The first kappa shape index (κ1) is 11.8. The third kappa shape index (κ3) is 1.28. The van der Waals surface area contributed by atoms with Gasteiger partial charge in [-0.15, -0.1) is 0 Å². The number of carbonyl (C=O) groups is 2. The molecule has 0 unspecified atom stereocenters. The predicted molar refractivity (Wildman–Crippen MR) is 66.2 cm³/mol. The Morgan fingerprint density at radius 1 is 1.33 bits per heavy atom. The molecule has 2 aliphatic rings. The molecule has 0 aromatic heterocycles. The molecule has 94 valence electrons. The number of amides is 2. The first-order valence-corrected chi connectivity index (χ1v) is 6.62. The summed E-state index contributed by atoms with van der Waals surface area (Å²) in [6.07, 6.45) is 0.578. The maximum absolute atomic E-state index is 14.0. The van der Waals surface area contributed by atoms with Crippen molar-refractivity contribution in [1.82, 2.24) is 5.32 Å². The van der Waals surface area contributed by atoms with Crippen molar-refractivity contribution in [3.63, 3.8) is 0 Å². The van der Waals surface area contributed by atoms with Crippen LogP contribution < -0.4 is 5.32 Å². The highest BCUT2D eigenvalue weighted by Crippen LogP contribution is 2.65. The van der Waals surface area contributed by atoms with Gasteiger partial charge in [-0.1, -0.05) is 22.9 Å². The number of hydrogen-bond acceptors (Lipinski definition) is 2. The van der Waals surface area contributed by atoms with Crippen molar-refractivity contribution >= 4 is 27.7 Å². The average molecular weight is 312 g/mol. The van der Waals surface area contributed by atoms with E-state index in [2.05, 4.69) is 21.2 Å². The molecule has 3 atom stereocenters. The molecule has 1 N–H and O–H groups in total. The van der Waals surface area contributed by atoms with E-state index in [0.29, 0.717) is 12.0 Å². The summed E-state index contributed by atoms with van der Waals surface area (Å²) in [7, 11) is 0. The van der Waals surface area contributed by atoms with Crippen LogP contribution in [0.1, 0.15) is 18.9 Å². The summed E-state index contributed by atoms with van der Waals surface area (Å²) in [5.74, 6) is -1.70. The normalized spacial score (nSPS) is 33.3. The van der Waals surface area contributed by atoms with Crippen LogP contribution in [-0.2, 0) is 15.0 Å². The van der Waals surface area contributed by atoms with Crippen molar-refractivity contribution in [3.8, 4) is 0 Å². The molecule has 1 heterocycles. The third-order valence-corrected chi connectivity index (χ3v) is 4.65. The van der Waals surface area contributed by atoms with E-state index >= 15 is 0 Å². The van der Waals surface area contributed by atoms with E-state index in [1.165, 1.54) is 6.07 Å². The van der Waals surface area contributed by atoms with Gasteiger partial charge in [0.2, 0.25) is 11.8 Å². The lowest BCUT2D eigenvalue weighted by molar-refractivity contribution is -0.128. The van der Waals surface area contributed by atoms with Crippen LogP contribution in [0, 0.1) is 17.7 Å². The van der Waals surface area contributed by atoms with Crippen LogP contribution >= 0.6 is 15.9 Å². The molecule has 18 heavy (non-hydrogen) atoms. The van der Waals surface area contributed by atoms with Crippen LogP contribution in [-0.4, -0.2) is 11.8 Å². The summed E-state index contributed by atoms with van der Waals surface area (Å²) in [6.45, 7) is 1.89. The highest BCUT2D eigenvalue weighted by Gasteiger charge is 2.75. The SMILES string of the molecule is CC[C@@]1(c2cc(Br)ccc2F)[C@@H]2C(=O)NC(=O)[C@@H]21. The average Bonchev–Trinajstić information content (AvgIpc) is 2.93. The Morgan fingerprint density at radius 3 is 2.50 bits per heavy atom. The molecule has 3 nitrogen and oxygen atoms in total. The topological polar surface area (TPSA) is 46.2 Å². The summed E-state index contributed by atoms with van der Waals surface area (Å²) in [4.78, 5) is 23.4. The molecule has 0 radical (unpaired) electrons. The first-order valence-electron chi connectivity index (χ1n) is 5.82. The molecule has 1 aliphatic heterocycles. The second-order valence-electron chi connectivity index (χ2n) is 4.83. The van der Waals surface area contributed by atoms with E-state index in [-0.39, 0.29) is 17.6 Å². The highest BCUT2D eigenvalue weighted by molar-refractivity contribution is 9.10. The van der Waals surface area contributed by atoms with Gasteiger partial charge in [0.15, 0.2) is 0 Å². The number of fused-ring (bicyclic) bond motifs is 1. The second kappa shape index (κ2) is 3.63. The van der Waals surface area contributed by atoms with Gasteiger partial charge in [-0.3, -0.25) is 14.9 Å². The lowest BCUT2D eigenvalue weighted by Gasteiger charge is -2.19. The van der Waals surface area contributed by atoms with Gasteiger partial charge in [0.1, 0.15) is 5.82 Å². The Bertz CT molecular complexity index is 552. The van der Waals surface area contributed by atoms with Gasteiger partial charge in [0.05, 0.1) is 11.8 Å². The van der Waals surface area contributed by atoms with Crippen molar-refractivity contribution in [1.29, 1.82) is 0 Å². The zero-order valence-electron chi connectivity index (χ0n) is 9.67. The second-order valence-corrected chi connectivity index (χ2v) is 5.74. The Morgan fingerprint density at radius 2 is 1.94 bits per heavy atom. The Kier molecular flexibility index (Phi) is 2.39. The van der Waals surface area contributed by atoms with Gasteiger partial charge >= 0.3 is 0 Å². The Hall–Kier alpha value is -1.23. The summed E-state index contributed by atoms with van der Waals surface area (Å²) in [5, 5.41) is 2.30. The standard InChI is InChI=1S/C13H11BrFNO2/c1-2-13(7-5-6(14)3-4-8(7)15)9-10(13)12(18)16-11(9)17/h3-5,9-10H,2H2,1H3,(H,16,17,18)/t9-,10+,13+. The van der Waals surface area contributed by atoms with Crippen LogP contribution in [0.15, 0.2) is 22.7 Å². The zero-order valence-corrected chi connectivity index (χ0v) is 11.3. The van der Waals surface area contributed by atoms with Gasteiger partial charge in [-0.05, 0) is 30.2 Å². The molecule has 0 bridgehead atoms. The summed E-state index contributed by atoms with van der Waals surface area (Å²) in [5.41, 5.74) is -0.176. The Balaban J connectivity index is 2.13. The molecule has 5 heteroatoms. The molecule has 1 saturated carbocycles. The van der Waals surface area contributed by atoms with Gasteiger partial charge < -0.3 is 0 Å². The van der Waals surface area contributed by atoms with E-state index in [9.17, 15) is 14.0 Å². The molecule has 1 aliphatic carbocycles. The largest absolute Gasteiger partial charge is 0.296 e. The predicted octanol–water partition coefficient (Wildman–Crippen LogP) is 2.14. The lowest BCUT2D eigenvalue weighted by atomic mass is 9.87. The number of piperidine rings is 1. The van der Waals surface area contributed by atoms with Gasteiger partial charge in [-0.25, -0.2) is 4.39 Å². The maximum Gasteiger partial charge on any atom is 0.231 e. The minimum atomic E-state index is -0.646. The minimum Gasteiger partial charge on any atom is -0.296 e.